The van der Waals surface area contributed by atoms with Crippen molar-refractivity contribution < 1.29 is 9.13 Å². The largest absolute Gasteiger partial charge is 0.435 e. The molecule has 2 aromatic carbocycles. The Morgan fingerprint density at radius 1 is 1.06 bits per heavy atom. The fourth-order valence-corrected chi connectivity index (χ4v) is 4.32. The van der Waals surface area contributed by atoms with Crippen LogP contribution in [0.1, 0.15) is 5.69 Å². The van der Waals surface area contributed by atoms with Gasteiger partial charge < -0.3 is 24.8 Å². The normalized spacial score (nSPS) is 14.6. The van der Waals surface area contributed by atoms with Gasteiger partial charge in [0.2, 0.25) is 5.88 Å². The summed E-state index contributed by atoms with van der Waals surface area (Å²) in [5.41, 5.74) is 3.69. The van der Waals surface area contributed by atoms with Crippen LogP contribution in [0.15, 0.2) is 53.3 Å². The summed E-state index contributed by atoms with van der Waals surface area (Å²) in [5, 5.41) is 3.76. The van der Waals surface area contributed by atoms with E-state index in [4.69, 9.17) is 4.74 Å². The Kier molecular flexibility index (Phi) is 5.90. The molecular formula is C24H24BrFN6O. The van der Waals surface area contributed by atoms with E-state index in [-0.39, 0.29) is 11.6 Å². The number of aryl methyl sites for hydroxylation is 1. The molecule has 1 fully saturated rings. The molecule has 5 rings (SSSR count). The van der Waals surface area contributed by atoms with Crippen LogP contribution in [0.3, 0.4) is 0 Å². The fraction of sp³-hybridized carbons (Fsp3) is 0.250. The van der Waals surface area contributed by atoms with Crippen molar-refractivity contribution in [2.24, 2.45) is 0 Å². The molecular weight excluding hydrogens is 487 g/mol. The van der Waals surface area contributed by atoms with Crippen molar-refractivity contribution >= 4 is 44.0 Å². The van der Waals surface area contributed by atoms with E-state index in [1.807, 2.05) is 19.1 Å². The first-order valence-electron chi connectivity index (χ1n) is 10.7. The number of nitrogens with one attached hydrogen (secondary N) is 2. The topological polar surface area (TPSA) is 69.3 Å². The van der Waals surface area contributed by atoms with Crippen molar-refractivity contribution in [3.05, 3.63) is 64.8 Å². The van der Waals surface area contributed by atoms with Crippen LogP contribution in [0.4, 0.5) is 21.6 Å². The molecule has 1 aliphatic rings. The number of hydrogen-bond donors (Lipinski definition) is 2. The van der Waals surface area contributed by atoms with Gasteiger partial charge in [0.1, 0.15) is 10.8 Å². The average Bonchev–Trinajstić information content (AvgIpc) is 3.20. The number of likely N-dealkylation sites (N-methyl/N-ethyl adjacent to an activating group) is 1. The molecule has 0 aliphatic carbocycles. The van der Waals surface area contributed by atoms with E-state index in [1.54, 1.807) is 18.2 Å². The SMILES string of the molecule is Cc1cc2c(F)c(Oc3ncnc(Nc4ccc(N5CCN(C)CC5)cc4)c3Br)ccc2[nH]1. The summed E-state index contributed by atoms with van der Waals surface area (Å²) >= 11 is 3.50. The molecule has 0 radical (unpaired) electrons. The maximum Gasteiger partial charge on any atom is 0.239 e. The first-order valence-corrected chi connectivity index (χ1v) is 11.5. The molecule has 2 aromatic heterocycles. The van der Waals surface area contributed by atoms with Crippen molar-refractivity contribution in [3.63, 3.8) is 0 Å². The monoisotopic (exact) mass is 510 g/mol. The minimum atomic E-state index is -0.434. The average molecular weight is 511 g/mol. The van der Waals surface area contributed by atoms with Crippen molar-refractivity contribution in [1.82, 2.24) is 19.9 Å². The van der Waals surface area contributed by atoms with Gasteiger partial charge in [0.25, 0.3) is 0 Å². The Morgan fingerprint density at radius 3 is 2.58 bits per heavy atom. The van der Waals surface area contributed by atoms with Crippen LogP contribution in [0.2, 0.25) is 0 Å². The molecule has 3 heterocycles. The number of halogens is 2. The lowest BCUT2D eigenvalue weighted by Crippen LogP contribution is -2.44. The van der Waals surface area contributed by atoms with Gasteiger partial charge in [-0.3, -0.25) is 0 Å². The summed E-state index contributed by atoms with van der Waals surface area (Å²) in [6.07, 6.45) is 1.39. The number of aromatic amines is 1. The first kappa shape index (κ1) is 21.7. The van der Waals surface area contributed by atoms with Crippen LogP contribution in [0.5, 0.6) is 11.6 Å². The van der Waals surface area contributed by atoms with E-state index in [1.165, 1.54) is 12.0 Å². The van der Waals surface area contributed by atoms with Gasteiger partial charge in [-0.05, 0) is 72.4 Å². The quantitative estimate of drug-likeness (QED) is 0.371. The lowest BCUT2D eigenvalue weighted by molar-refractivity contribution is 0.313. The van der Waals surface area contributed by atoms with Crippen molar-refractivity contribution in [2.75, 3.05) is 43.4 Å². The second-order valence-corrected chi connectivity index (χ2v) is 8.99. The standard InChI is InChI=1S/C24H24BrFN6O/c1-15-13-18-19(29-15)7-8-20(22(18)26)33-24-21(25)23(27-14-28-24)30-16-3-5-17(6-4-16)32-11-9-31(2)10-12-32/h3-8,13-14,29H,9-12H2,1-2H3,(H,27,28,30). The molecule has 7 nitrogen and oxygen atoms in total. The lowest BCUT2D eigenvalue weighted by atomic mass is 10.2. The third-order valence-corrected chi connectivity index (χ3v) is 6.51. The number of ether oxygens (including phenoxy) is 1. The van der Waals surface area contributed by atoms with Crippen molar-refractivity contribution in [3.8, 4) is 11.6 Å². The van der Waals surface area contributed by atoms with Crippen LogP contribution >= 0.6 is 15.9 Å². The predicted molar refractivity (Wildman–Crippen MR) is 132 cm³/mol. The minimum Gasteiger partial charge on any atom is -0.435 e. The number of anilines is 3. The summed E-state index contributed by atoms with van der Waals surface area (Å²) in [6.45, 7) is 6.05. The molecule has 2 N–H and O–H groups in total. The third-order valence-electron chi connectivity index (χ3n) is 5.80. The van der Waals surface area contributed by atoms with Gasteiger partial charge in [-0.2, -0.15) is 0 Å². The Bertz CT molecular complexity index is 1280. The molecule has 0 atom stereocenters. The summed E-state index contributed by atoms with van der Waals surface area (Å²) in [4.78, 5) is 16.3. The predicted octanol–water partition coefficient (Wildman–Crippen LogP) is 5.46. The van der Waals surface area contributed by atoms with Crippen molar-refractivity contribution in [1.29, 1.82) is 0 Å². The number of fused-ring (bicyclic) bond motifs is 1. The highest BCUT2D eigenvalue weighted by atomic mass is 79.9. The van der Waals surface area contributed by atoms with E-state index >= 15 is 0 Å². The van der Waals surface area contributed by atoms with Gasteiger partial charge in [0.05, 0.1) is 0 Å². The molecule has 1 saturated heterocycles. The summed E-state index contributed by atoms with van der Waals surface area (Å²) < 4.78 is 21.3. The second kappa shape index (κ2) is 8.99. The van der Waals surface area contributed by atoms with Gasteiger partial charge in [-0.25, -0.2) is 14.4 Å². The molecule has 1 aliphatic heterocycles. The zero-order chi connectivity index (χ0) is 22.9. The Morgan fingerprint density at radius 2 is 1.82 bits per heavy atom. The highest BCUT2D eigenvalue weighted by molar-refractivity contribution is 9.10. The lowest BCUT2D eigenvalue weighted by Gasteiger charge is -2.34. The number of H-pyrrole nitrogens is 1. The van der Waals surface area contributed by atoms with Gasteiger partial charge in [-0.1, -0.05) is 0 Å². The maximum atomic E-state index is 14.9. The van der Waals surface area contributed by atoms with Crippen LogP contribution in [-0.2, 0) is 0 Å². The maximum absolute atomic E-state index is 14.9. The van der Waals surface area contributed by atoms with Gasteiger partial charge in [-0.15, -0.1) is 0 Å². The Labute approximate surface area is 199 Å². The molecule has 170 valence electrons. The van der Waals surface area contributed by atoms with Gasteiger partial charge in [0, 0.05) is 54.2 Å². The fourth-order valence-electron chi connectivity index (χ4n) is 3.94. The first-order chi connectivity index (χ1) is 16.0. The Balaban J connectivity index is 1.33. The number of rotatable bonds is 5. The van der Waals surface area contributed by atoms with Crippen LogP contribution in [-0.4, -0.2) is 53.1 Å². The van der Waals surface area contributed by atoms with E-state index in [0.717, 1.165) is 43.1 Å². The highest BCUT2D eigenvalue weighted by Gasteiger charge is 2.17. The van der Waals surface area contributed by atoms with Gasteiger partial charge in [0.15, 0.2) is 17.4 Å². The van der Waals surface area contributed by atoms with E-state index < -0.39 is 5.82 Å². The molecule has 0 unspecified atom stereocenters. The molecule has 33 heavy (non-hydrogen) atoms. The number of hydrogen-bond acceptors (Lipinski definition) is 6. The Hall–Kier alpha value is -3.17. The molecule has 9 heteroatoms. The van der Waals surface area contributed by atoms with Crippen LogP contribution in [0, 0.1) is 12.7 Å². The van der Waals surface area contributed by atoms with Crippen LogP contribution in [0.25, 0.3) is 10.9 Å². The smallest absolute Gasteiger partial charge is 0.239 e. The number of piperazine rings is 1. The molecule has 4 aromatic rings. The van der Waals surface area contributed by atoms with Gasteiger partial charge >= 0.3 is 0 Å². The molecule has 0 spiro atoms. The third kappa shape index (κ3) is 4.51. The summed E-state index contributed by atoms with van der Waals surface area (Å²) in [6, 6.07) is 13.4. The zero-order valence-electron chi connectivity index (χ0n) is 18.4. The molecule has 0 amide bonds. The second-order valence-electron chi connectivity index (χ2n) is 8.20. The number of nitrogens with zero attached hydrogens (tertiary/aromatic N) is 4. The molecule has 0 bridgehead atoms. The van der Waals surface area contributed by atoms with Crippen LogP contribution < -0.4 is 15.0 Å². The summed E-state index contributed by atoms with van der Waals surface area (Å²) in [7, 11) is 2.15. The highest BCUT2D eigenvalue weighted by Crippen LogP contribution is 2.36. The van der Waals surface area contributed by atoms with E-state index in [9.17, 15) is 4.39 Å². The van der Waals surface area contributed by atoms with Crippen molar-refractivity contribution in [2.45, 2.75) is 6.92 Å². The number of benzene rings is 2. The number of aromatic nitrogens is 3. The molecule has 0 saturated carbocycles. The van der Waals surface area contributed by atoms with E-state index in [0.29, 0.717) is 15.7 Å². The summed E-state index contributed by atoms with van der Waals surface area (Å²) in [5.74, 6) is 0.429. The zero-order valence-corrected chi connectivity index (χ0v) is 20.0. The minimum absolute atomic E-state index is 0.100. The van der Waals surface area contributed by atoms with E-state index in [2.05, 4.69) is 65.2 Å².